The van der Waals surface area contributed by atoms with Crippen LogP contribution >= 0.6 is 11.6 Å². The van der Waals surface area contributed by atoms with E-state index in [1.165, 1.54) is 6.07 Å². The molecule has 15 heavy (non-hydrogen) atoms. The van der Waals surface area contributed by atoms with Gasteiger partial charge in [0.2, 0.25) is 0 Å². The van der Waals surface area contributed by atoms with Crippen molar-refractivity contribution in [1.29, 1.82) is 0 Å². The lowest BCUT2D eigenvalue weighted by Crippen LogP contribution is -2.26. The van der Waals surface area contributed by atoms with Gasteiger partial charge in [0.1, 0.15) is 5.82 Å². The summed E-state index contributed by atoms with van der Waals surface area (Å²) in [7, 11) is 1.83. The van der Waals surface area contributed by atoms with Crippen molar-refractivity contribution in [2.75, 3.05) is 18.5 Å². The van der Waals surface area contributed by atoms with Crippen molar-refractivity contribution in [2.45, 2.75) is 19.4 Å². The van der Waals surface area contributed by atoms with Gasteiger partial charge in [-0.25, -0.2) is 4.39 Å². The van der Waals surface area contributed by atoms with E-state index >= 15 is 0 Å². The lowest BCUT2D eigenvalue weighted by Gasteiger charge is -2.21. The maximum Gasteiger partial charge on any atom is 0.146 e. The van der Waals surface area contributed by atoms with Crippen molar-refractivity contribution in [3.63, 3.8) is 0 Å². The third-order valence-corrected chi connectivity index (χ3v) is 2.47. The maximum absolute atomic E-state index is 13.4. The summed E-state index contributed by atoms with van der Waals surface area (Å²) in [6.07, 6.45) is 0.822. The fourth-order valence-electron chi connectivity index (χ4n) is 1.30. The Labute approximate surface area is 94.8 Å². The minimum absolute atomic E-state index is 0.120. The fourth-order valence-corrected chi connectivity index (χ4v) is 1.46. The van der Waals surface area contributed by atoms with Gasteiger partial charge in [-0.05, 0) is 31.5 Å². The van der Waals surface area contributed by atoms with Crippen LogP contribution in [0.1, 0.15) is 13.3 Å². The predicted molar refractivity (Wildman–Crippen MR) is 62.9 cm³/mol. The third-order valence-electron chi connectivity index (χ3n) is 2.24. The molecule has 0 spiro atoms. The van der Waals surface area contributed by atoms with Gasteiger partial charge < -0.3 is 10.6 Å². The Morgan fingerprint density at radius 3 is 2.80 bits per heavy atom. The van der Waals surface area contributed by atoms with Gasteiger partial charge in [-0.3, -0.25) is 0 Å². The van der Waals surface area contributed by atoms with E-state index in [0.717, 1.165) is 13.0 Å². The summed E-state index contributed by atoms with van der Waals surface area (Å²) in [5.41, 5.74) is 6.16. The number of benzene rings is 1. The molecule has 0 aliphatic carbocycles. The van der Waals surface area contributed by atoms with Crippen molar-refractivity contribution in [2.24, 2.45) is 5.73 Å². The smallest absolute Gasteiger partial charge is 0.146 e. The van der Waals surface area contributed by atoms with Gasteiger partial charge in [-0.1, -0.05) is 11.6 Å². The highest BCUT2D eigenvalue weighted by atomic mass is 35.5. The zero-order chi connectivity index (χ0) is 11.4. The van der Waals surface area contributed by atoms with Gasteiger partial charge in [-0.15, -0.1) is 0 Å². The molecular weight excluding hydrogens is 215 g/mol. The van der Waals surface area contributed by atoms with Crippen LogP contribution in [0.5, 0.6) is 0 Å². The number of rotatable bonds is 4. The van der Waals surface area contributed by atoms with Crippen molar-refractivity contribution >= 4 is 17.3 Å². The number of anilines is 1. The fraction of sp³-hybridized carbons (Fsp3) is 0.455. The molecule has 1 rings (SSSR count). The van der Waals surface area contributed by atoms with Crippen LogP contribution in [-0.4, -0.2) is 19.6 Å². The molecule has 0 heterocycles. The summed E-state index contributed by atoms with van der Waals surface area (Å²) in [4.78, 5) is 1.82. The van der Waals surface area contributed by atoms with Crippen molar-refractivity contribution in [3.05, 3.63) is 29.0 Å². The molecule has 1 aromatic rings. The Kier molecular flexibility index (Phi) is 4.36. The van der Waals surface area contributed by atoms with E-state index in [1.807, 2.05) is 18.9 Å². The Morgan fingerprint density at radius 1 is 1.53 bits per heavy atom. The third kappa shape index (κ3) is 3.68. The minimum atomic E-state index is -0.258. The molecule has 0 fully saturated rings. The Morgan fingerprint density at radius 2 is 2.20 bits per heavy atom. The first-order valence-electron chi connectivity index (χ1n) is 4.92. The number of hydrogen-bond donors (Lipinski definition) is 1. The summed E-state index contributed by atoms with van der Waals surface area (Å²) >= 11 is 5.81. The van der Waals surface area contributed by atoms with E-state index in [2.05, 4.69) is 0 Å². The van der Waals surface area contributed by atoms with Gasteiger partial charge in [0.15, 0.2) is 0 Å². The van der Waals surface area contributed by atoms with Gasteiger partial charge in [-0.2, -0.15) is 0 Å². The molecule has 0 radical (unpaired) electrons. The van der Waals surface area contributed by atoms with Gasteiger partial charge in [0.05, 0.1) is 5.69 Å². The summed E-state index contributed by atoms with van der Waals surface area (Å²) in [6.45, 7) is 2.65. The molecule has 4 heteroatoms. The molecule has 0 amide bonds. The zero-order valence-electron chi connectivity index (χ0n) is 9.00. The summed E-state index contributed by atoms with van der Waals surface area (Å²) in [6, 6.07) is 4.66. The average Bonchev–Trinajstić information content (AvgIpc) is 2.18. The van der Waals surface area contributed by atoms with Crippen LogP contribution in [0.15, 0.2) is 18.2 Å². The Bertz CT molecular complexity index is 328. The molecule has 2 nitrogen and oxygen atoms in total. The quantitative estimate of drug-likeness (QED) is 0.862. The number of nitrogens with two attached hydrogens (primary N) is 1. The van der Waals surface area contributed by atoms with Crippen LogP contribution in [0.4, 0.5) is 10.1 Å². The molecule has 0 saturated carbocycles. The van der Waals surface area contributed by atoms with Crippen LogP contribution < -0.4 is 10.6 Å². The van der Waals surface area contributed by atoms with E-state index in [4.69, 9.17) is 17.3 Å². The highest BCUT2D eigenvalue weighted by molar-refractivity contribution is 6.30. The predicted octanol–water partition coefficient (Wildman–Crippen LogP) is 2.65. The molecule has 0 aliphatic heterocycles. The second-order valence-corrected chi connectivity index (χ2v) is 4.22. The molecule has 1 atom stereocenters. The Hall–Kier alpha value is -0.800. The van der Waals surface area contributed by atoms with Crippen LogP contribution in [0.2, 0.25) is 5.02 Å². The van der Waals surface area contributed by atoms with Crippen LogP contribution in [0.25, 0.3) is 0 Å². The van der Waals surface area contributed by atoms with Gasteiger partial charge in [0.25, 0.3) is 0 Å². The summed E-state index contributed by atoms with van der Waals surface area (Å²) in [5, 5.41) is 0.541. The lowest BCUT2D eigenvalue weighted by molar-refractivity contribution is 0.611. The van der Waals surface area contributed by atoms with E-state index < -0.39 is 0 Å². The van der Waals surface area contributed by atoms with E-state index in [1.54, 1.807) is 12.1 Å². The largest absolute Gasteiger partial charge is 0.372 e. The molecular formula is C11H16ClFN2. The molecule has 0 aliphatic rings. The average molecular weight is 231 g/mol. The van der Waals surface area contributed by atoms with Crippen LogP contribution in [0, 0.1) is 5.82 Å². The van der Waals surface area contributed by atoms with E-state index in [0.29, 0.717) is 10.7 Å². The highest BCUT2D eigenvalue weighted by Crippen LogP contribution is 2.22. The van der Waals surface area contributed by atoms with E-state index in [9.17, 15) is 4.39 Å². The first kappa shape index (κ1) is 12.3. The summed E-state index contributed by atoms with van der Waals surface area (Å²) in [5.74, 6) is -0.258. The number of halogens is 2. The molecule has 2 N–H and O–H groups in total. The molecule has 0 aromatic heterocycles. The van der Waals surface area contributed by atoms with Crippen molar-refractivity contribution in [1.82, 2.24) is 0 Å². The van der Waals surface area contributed by atoms with Crippen molar-refractivity contribution in [3.8, 4) is 0 Å². The SMILES string of the molecule is CC(N)CCN(C)c1cc(Cl)ccc1F. The Balaban J connectivity index is 2.72. The monoisotopic (exact) mass is 230 g/mol. The standard InChI is InChI=1S/C11H16ClFN2/c1-8(14)5-6-15(2)11-7-9(12)3-4-10(11)13/h3-4,7-8H,5-6,14H2,1-2H3. The normalized spacial score (nSPS) is 12.6. The molecule has 84 valence electrons. The summed E-state index contributed by atoms with van der Waals surface area (Å²) < 4.78 is 13.4. The molecule has 0 bridgehead atoms. The number of hydrogen-bond acceptors (Lipinski definition) is 2. The lowest BCUT2D eigenvalue weighted by atomic mass is 10.2. The highest BCUT2D eigenvalue weighted by Gasteiger charge is 2.08. The minimum Gasteiger partial charge on any atom is -0.372 e. The van der Waals surface area contributed by atoms with Crippen LogP contribution in [0.3, 0.4) is 0 Å². The molecule has 1 unspecified atom stereocenters. The van der Waals surface area contributed by atoms with E-state index in [-0.39, 0.29) is 11.9 Å². The van der Waals surface area contributed by atoms with Crippen LogP contribution in [-0.2, 0) is 0 Å². The topological polar surface area (TPSA) is 29.3 Å². The maximum atomic E-state index is 13.4. The zero-order valence-corrected chi connectivity index (χ0v) is 9.76. The van der Waals surface area contributed by atoms with Crippen molar-refractivity contribution < 1.29 is 4.39 Å². The number of nitrogens with zero attached hydrogens (tertiary/aromatic N) is 1. The van der Waals surface area contributed by atoms with Gasteiger partial charge in [0, 0.05) is 24.7 Å². The van der Waals surface area contributed by atoms with Gasteiger partial charge >= 0.3 is 0 Å². The first-order valence-corrected chi connectivity index (χ1v) is 5.30. The second kappa shape index (κ2) is 5.33. The molecule has 0 saturated heterocycles. The molecule has 1 aromatic carbocycles. The first-order chi connectivity index (χ1) is 7.00. The second-order valence-electron chi connectivity index (χ2n) is 3.78.